The SMILES string of the molecule is COC(=O)CCOCCOCCOCCOCCN(C)C(=O)CSC(C)(C)CCC(=O)N(C)[C@@H](C)C(=O)O[C@H]1CC(=O)N(C)c2cc(cc(OC)c2Cl)CC(C)=CC=C[C@@H](OC)[C@@]2(O)C[C@H](OC(=O)N2)[C@@H](C)[C@@H]2O[C@@]12C. The van der Waals surface area contributed by atoms with E-state index in [0.29, 0.717) is 77.1 Å². The Labute approximate surface area is 456 Å². The third kappa shape index (κ3) is 18.8. The van der Waals surface area contributed by atoms with E-state index < -0.39 is 70.4 Å². The summed E-state index contributed by atoms with van der Waals surface area (Å²) in [6, 6.07) is 2.48. The summed E-state index contributed by atoms with van der Waals surface area (Å²) in [4.78, 5) is 83.6. The van der Waals surface area contributed by atoms with Crippen molar-refractivity contribution in [2.75, 3.05) is 113 Å². The molecule has 3 aliphatic rings. The Morgan fingerprint density at radius 1 is 0.974 bits per heavy atom. The van der Waals surface area contributed by atoms with Crippen molar-refractivity contribution < 1.29 is 81.2 Å². The van der Waals surface area contributed by atoms with Crippen molar-refractivity contribution in [3.8, 4) is 5.75 Å². The molecule has 0 unspecified atom stereocenters. The van der Waals surface area contributed by atoms with Crippen LogP contribution in [0.4, 0.5) is 10.5 Å². The molecule has 2 fully saturated rings. The lowest BCUT2D eigenvalue weighted by Gasteiger charge is -2.42. The molecule has 0 aromatic heterocycles. The number of benzene rings is 1. The monoisotopic (exact) mass is 1110 g/mol. The zero-order valence-corrected chi connectivity index (χ0v) is 47.8. The van der Waals surface area contributed by atoms with Crippen LogP contribution in [0.5, 0.6) is 5.75 Å². The van der Waals surface area contributed by atoms with E-state index in [1.807, 2.05) is 26.8 Å². The van der Waals surface area contributed by atoms with Crippen LogP contribution in [0.25, 0.3) is 0 Å². The molecule has 2 N–H and O–H groups in total. The Bertz CT molecular complexity index is 2200. The first-order valence-corrected chi connectivity index (χ1v) is 26.9. The third-order valence-corrected chi connectivity index (χ3v) is 15.6. The summed E-state index contributed by atoms with van der Waals surface area (Å²) in [5.41, 5.74) is -1.10. The summed E-state index contributed by atoms with van der Waals surface area (Å²) in [6.45, 7) is 14.1. The van der Waals surface area contributed by atoms with Crippen LogP contribution in [0.3, 0.4) is 0 Å². The number of alkyl carbamates (subject to hydrolysis) is 1. The Morgan fingerprint density at radius 3 is 2.22 bits per heavy atom. The fourth-order valence-electron chi connectivity index (χ4n) is 8.59. The second kappa shape index (κ2) is 30.0. The topological polar surface area (TPSA) is 240 Å². The summed E-state index contributed by atoms with van der Waals surface area (Å²) in [6.07, 6.45) is 1.23. The number of allylic oxidation sites excluding steroid dienone is 3. The first kappa shape index (κ1) is 64.0. The number of nitrogens with one attached hydrogen (secondary N) is 1. The number of methoxy groups -OCH3 is 3. The van der Waals surface area contributed by atoms with Crippen LogP contribution in [-0.4, -0.2) is 205 Å². The largest absolute Gasteiger partial charge is 0.495 e. The average Bonchev–Trinajstić information content (AvgIpc) is 4.09. The van der Waals surface area contributed by atoms with Gasteiger partial charge in [-0.2, -0.15) is 0 Å². The van der Waals surface area contributed by atoms with Crippen molar-refractivity contribution in [1.29, 1.82) is 0 Å². The molecule has 4 amide bonds. The normalized spacial score (nSPS) is 24.3. The van der Waals surface area contributed by atoms with E-state index in [0.717, 1.165) is 11.1 Å². The van der Waals surface area contributed by atoms with E-state index in [4.69, 9.17) is 54.2 Å². The number of nitrogens with zero attached hydrogens (tertiary/aromatic N) is 3. The Hall–Kier alpha value is -4.52. The van der Waals surface area contributed by atoms with Gasteiger partial charge in [-0.1, -0.05) is 56.2 Å². The smallest absolute Gasteiger partial charge is 0.409 e. The van der Waals surface area contributed by atoms with Crippen molar-refractivity contribution in [1.82, 2.24) is 15.1 Å². The van der Waals surface area contributed by atoms with Crippen molar-refractivity contribution in [3.05, 3.63) is 46.5 Å². The summed E-state index contributed by atoms with van der Waals surface area (Å²) in [5, 5.41) is 14.6. The quantitative estimate of drug-likeness (QED) is 0.0543. The number of carbonyl (C=O) groups is 6. The van der Waals surface area contributed by atoms with Crippen LogP contribution in [0.2, 0.25) is 5.02 Å². The van der Waals surface area contributed by atoms with Crippen LogP contribution in [-0.2, 0) is 73.0 Å². The zero-order chi connectivity index (χ0) is 56.4. The van der Waals surface area contributed by atoms with Crippen molar-refractivity contribution in [3.63, 3.8) is 0 Å². The van der Waals surface area contributed by atoms with Crippen LogP contribution >= 0.6 is 23.4 Å². The molecule has 21 nitrogen and oxygen atoms in total. The Kier molecular flexibility index (Phi) is 25.3. The minimum Gasteiger partial charge on any atom is -0.495 e. The van der Waals surface area contributed by atoms with Crippen LogP contribution < -0.4 is 15.0 Å². The molecule has 8 atom stereocenters. The maximum atomic E-state index is 14.4. The van der Waals surface area contributed by atoms with Crippen LogP contribution in [0.15, 0.2) is 35.9 Å². The minimum absolute atomic E-state index is 0.0693. The number of ether oxygens (including phenoxy) is 10. The lowest BCUT2D eigenvalue weighted by Crippen LogP contribution is -2.63. The van der Waals surface area contributed by atoms with Gasteiger partial charge >= 0.3 is 18.0 Å². The van der Waals surface area contributed by atoms with E-state index in [1.165, 1.54) is 56.9 Å². The van der Waals surface area contributed by atoms with E-state index in [2.05, 4.69) is 10.1 Å². The molecule has 23 heteroatoms. The van der Waals surface area contributed by atoms with Crippen LogP contribution in [0, 0.1) is 5.92 Å². The number of epoxide rings is 1. The number of aliphatic hydroxyl groups is 1. The van der Waals surface area contributed by atoms with Crippen molar-refractivity contribution in [2.45, 2.75) is 127 Å². The van der Waals surface area contributed by atoms with Gasteiger partial charge in [0, 0.05) is 58.3 Å². The van der Waals surface area contributed by atoms with Gasteiger partial charge < -0.3 is 67.2 Å². The van der Waals surface area contributed by atoms with E-state index in [9.17, 15) is 33.9 Å². The van der Waals surface area contributed by atoms with Gasteiger partial charge in [0.25, 0.3) is 0 Å². The molecular formula is C53H81ClN4O17S. The number of likely N-dealkylation sites (N-methyl/N-ethyl adjacent to an activating group) is 2. The number of halogens is 1. The summed E-state index contributed by atoms with van der Waals surface area (Å²) < 4.78 is 55.5. The lowest BCUT2D eigenvalue weighted by molar-refractivity contribution is -0.162. The second-order valence-corrected chi connectivity index (χ2v) is 22.1. The highest BCUT2D eigenvalue weighted by molar-refractivity contribution is 8.01. The van der Waals surface area contributed by atoms with Crippen LogP contribution in [0.1, 0.15) is 79.2 Å². The summed E-state index contributed by atoms with van der Waals surface area (Å²) >= 11 is 8.25. The fourth-order valence-corrected chi connectivity index (χ4v) is 9.88. The van der Waals surface area contributed by atoms with E-state index in [-0.39, 0.29) is 60.8 Å². The lowest BCUT2D eigenvalue weighted by atomic mass is 9.83. The first-order valence-electron chi connectivity index (χ1n) is 25.5. The number of carbonyl (C=O) groups excluding carboxylic acids is 6. The number of rotatable bonds is 26. The number of thioether (sulfide) groups is 1. The van der Waals surface area contributed by atoms with Crippen molar-refractivity contribution >= 4 is 64.8 Å². The minimum atomic E-state index is -1.87. The number of hydrogen-bond acceptors (Lipinski definition) is 18. The first-order chi connectivity index (χ1) is 35.9. The molecule has 3 aliphatic heterocycles. The van der Waals surface area contributed by atoms with Gasteiger partial charge in [0.05, 0.1) is 97.5 Å². The van der Waals surface area contributed by atoms with E-state index >= 15 is 0 Å². The molecule has 2 saturated heterocycles. The zero-order valence-electron chi connectivity index (χ0n) is 46.3. The molecule has 0 aliphatic carbocycles. The Balaban J connectivity index is 1.34. The van der Waals surface area contributed by atoms with Gasteiger partial charge in [-0.05, 0) is 51.3 Å². The molecule has 0 spiro atoms. The van der Waals surface area contributed by atoms with Crippen molar-refractivity contribution in [2.24, 2.45) is 5.92 Å². The molecule has 4 rings (SSSR count). The molecular weight excluding hydrogens is 1030 g/mol. The summed E-state index contributed by atoms with van der Waals surface area (Å²) in [5.74, 6) is -2.05. The highest BCUT2D eigenvalue weighted by Gasteiger charge is 2.64. The summed E-state index contributed by atoms with van der Waals surface area (Å²) in [7, 11) is 9.00. The van der Waals surface area contributed by atoms with Gasteiger partial charge in [-0.3, -0.25) is 24.5 Å². The Morgan fingerprint density at radius 2 is 1.61 bits per heavy atom. The molecule has 0 radical (unpaired) electrons. The second-order valence-electron chi connectivity index (χ2n) is 20.0. The standard InChI is InChI=1S/C53H81ClN4O17S/c1-34-14-13-15-41(67-11)53(65)32-40(73-50(64)55-53)35(2)48-52(6,75-48)42(31-44(60)58(9)38-29-37(28-34)30-39(66-10)47(38)54)74-49(63)36(3)57(8)43(59)16-18-51(4,5)76-33-45(61)56(7)19-21-70-23-25-72-27-26-71-24-22-69-20-17-46(62)68-12/h13-15,29-30,35-36,40-42,48,65H,16-28,31-33H2,1-12H3,(H,55,64)/t35-,36+,40+,41-,42+,48+,52+,53+/m1/s1. The highest BCUT2D eigenvalue weighted by atomic mass is 35.5. The number of esters is 2. The molecule has 4 bridgehead atoms. The predicted molar refractivity (Wildman–Crippen MR) is 284 cm³/mol. The molecule has 428 valence electrons. The molecule has 1 aromatic rings. The molecule has 0 saturated carbocycles. The third-order valence-electron chi connectivity index (χ3n) is 13.8. The number of amides is 4. The number of fused-ring (bicyclic) bond motifs is 5. The van der Waals surface area contributed by atoms with Gasteiger partial charge in [-0.15, -0.1) is 11.8 Å². The molecule has 1 aromatic carbocycles. The van der Waals surface area contributed by atoms with E-state index in [1.54, 1.807) is 57.1 Å². The van der Waals surface area contributed by atoms with Gasteiger partial charge in [0.1, 0.15) is 40.7 Å². The number of hydrogen-bond donors (Lipinski definition) is 2. The fraction of sp³-hybridized carbons (Fsp3) is 0.698. The molecule has 76 heavy (non-hydrogen) atoms. The maximum Gasteiger partial charge on any atom is 0.409 e. The average molecular weight is 1110 g/mol. The van der Waals surface area contributed by atoms with Gasteiger partial charge in [0.15, 0.2) is 5.72 Å². The predicted octanol–water partition coefficient (Wildman–Crippen LogP) is 4.89. The maximum absolute atomic E-state index is 14.4. The molecule has 3 heterocycles. The number of anilines is 1. The van der Waals surface area contributed by atoms with Gasteiger partial charge in [0.2, 0.25) is 17.7 Å². The van der Waals surface area contributed by atoms with Gasteiger partial charge in [-0.25, -0.2) is 9.59 Å². The highest BCUT2D eigenvalue weighted by Crippen LogP contribution is 2.49.